The molecule has 0 radical (unpaired) electrons. The third kappa shape index (κ3) is 7.29. The number of benzene rings is 4. The quantitative estimate of drug-likeness (QED) is 0.142. The van der Waals surface area contributed by atoms with Gasteiger partial charge in [0.2, 0.25) is 0 Å². The van der Waals surface area contributed by atoms with E-state index in [1.807, 2.05) is 48.5 Å². The highest BCUT2D eigenvalue weighted by atomic mass is 31.2. The van der Waals surface area contributed by atoms with Crippen LogP contribution in [0.4, 0.5) is 0 Å². The summed E-state index contributed by atoms with van der Waals surface area (Å²) in [6.45, 7) is 0. The molecule has 0 aromatic heterocycles. The van der Waals surface area contributed by atoms with Crippen molar-refractivity contribution in [1.82, 2.24) is 0 Å². The molecule has 1 aliphatic rings. The lowest BCUT2D eigenvalue weighted by Crippen LogP contribution is -2.29. The average molecular weight is 645 g/mol. The Kier molecular flexibility index (Phi) is 9.34. The van der Waals surface area contributed by atoms with Gasteiger partial charge in [-0.25, -0.2) is 0 Å². The van der Waals surface area contributed by atoms with E-state index >= 15 is 0 Å². The highest BCUT2D eigenvalue weighted by Gasteiger charge is 2.23. The number of hydrogen-bond donors (Lipinski definition) is 0. The standard InChI is InChI=1S/C38H21N4O5P/c39-22-27-14-16-33(18-29(27)24-41)43-31-8-4-10-35(20-31)45-48(47-38-13-3-7-26-6-1-2-12-37(26)38)46-36-11-5-9-32(21-36)44-34-17-15-28(23-40)30(19-34)25-42/h1-2,4,6-10,12,14-21H,3,13H2. The van der Waals surface area contributed by atoms with Gasteiger partial charge in [0.1, 0.15) is 58.8 Å². The second-order valence-electron chi connectivity index (χ2n) is 10.1. The van der Waals surface area contributed by atoms with E-state index in [0.29, 0.717) is 40.9 Å². The van der Waals surface area contributed by atoms with Gasteiger partial charge in [-0.05, 0) is 66.2 Å². The van der Waals surface area contributed by atoms with E-state index in [0.717, 1.165) is 16.9 Å². The van der Waals surface area contributed by atoms with Gasteiger partial charge in [0.05, 0.1) is 22.3 Å². The van der Waals surface area contributed by atoms with Crippen molar-refractivity contribution in [2.75, 3.05) is 0 Å². The normalized spacial score (nSPS) is 11.2. The summed E-state index contributed by atoms with van der Waals surface area (Å²) in [6, 6.07) is 40.9. The second-order valence-corrected chi connectivity index (χ2v) is 11.1. The van der Waals surface area contributed by atoms with Gasteiger partial charge in [-0.1, -0.05) is 42.5 Å². The molecule has 0 saturated carbocycles. The minimum Gasteiger partial charge on any atom is -0.457 e. The van der Waals surface area contributed by atoms with Crippen molar-refractivity contribution >= 4 is 20.4 Å². The summed E-state index contributed by atoms with van der Waals surface area (Å²) in [4.78, 5) is 0. The molecule has 0 N–H and O–H groups in total. The lowest BCUT2D eigenvalue weighted by Gasteiger charge is -2.20. The largest absolute Gasteiger partial charge is 0.530 e. The Morgan fingerprint density at radius 2 is 1.23 bits per heavy atom. The maximum atomic E-state index is 9.39. The Bertz CT molecular complexity index is 2190. The van der Waals surface area contributed by atoms with Crippen molar-refractivity contribution in [2.45, 2.75) is 12.8 Å². The Labute approximate surface area is 277 Å². The molecule has 5 aromatic carbocycles. The van der Waals surface area contributed by atoms with E-state index < -0.39 is 8.60 Å². The van der Waals surface area contributed by atoms with Crippen molar-refractivity contribution < 1.29 is 23.0 Å². The molecule has 6 rings (SSSR count). The predicted molar refractivity (Wildman–Crippen MR) is 175 cm³/mol. The van der Waals surface area contributed by atoms with Crippen molar-refractivity contribution in [3.63, 3.8) is 0 Å². The first kappa shape index (κ1) is 31.0. The summed E-state index contributed by atoms with van der Waals surface area (Å²) in [5, 5.41) is 39.2. The summed E-state index contributed by atoms with van der Waals surface area (Å²) < 4.78 is 30.8. The predicted octanol–water partition coefficient (Wildman–Crippen LogP) is 7.44. The van der Waals surface area contributed by atoms with E-state index in [9.17, 15) is 21.0 Å². The molecule has 0 amide bonds. The SMILES string of the molecule is N#Cc1ccc(Oc2cc#cc(OP(OC3=c4ccccc4=CCC3)Oc3cccc(Oc4ccc(C#N)c(C#N)c4)c3)c2)cc1C#N. The van der Waals surface area contributed by atoms with Crippen LogP contribution >= 0.6 is 8.60 Å². The first-order valence-electron chi connectivity index (χ1n) is 14.5. The summed E-state index contributed by atoms with van der Waals surface area (Å²) in [5.41, 5.74) is 0.910. The van der Waals surface area contributed by atoms with Crippen LogP contribution in [0.3, 0.4) is 0 Å². The molecule has 10 heteroatoms. The van der Waals surface area contributed by atoms with E-state index in [2.05, 4.69) is 18.2 Å². The van der Waals surface area contributed by atoms with Crippen molar-refractivity contribution in [3.8, 4) is 58.8 Å². The van der Waals surface area contributed by atoms with Gasteiger partial charge >= 0.3 is 8.60 Å². The molecule has 0 spiro atoms. The highest BCUT2D eigenvalue weighted by molar-refractivity contribution is 7.43. The highest BCUT2D eigenvalue weighted by Crippen LogP contribution is 2.45. The Morgan fingerprint density at radius 1 is 0.583 bits per heavy atom. The number of ether oxygens (including phenoxy) is 2. The molecule has 9 nitrogen and oxygen atoms in total. The fraction of sp³-hybridized carbons (Fsp3) is 0.0526. The molecule has 1 unspecified atom stereocenters. The molecule has 48 heavy (non-hydrogen) atoms. The molecule has 0 heterocycles. The third-order valence-electron chi connectivity index (χ3n) is 6.96. The summed E-state index contributed by atoms with van der Waals surface area (Å²) >= 11 is 0. The van der Waals surface area contributed by atoms with Crippen LogP contribution in [0.1, 0.15) is 35.1 Å². The average Bonchev–Trinajstić information content (AvgIpc) is 3.12. The van der Waals surface area contributed by atoms with E-state index in [4.69, 9.17) is 23.0 Å². The monoisotopic (exact) mass is 644 g/mol. The van der Waals surface area contributed by atoms with Gasteiger partial charge in [0.15, 0.2) is 5.75 Å². The van der Waals surface area contributed by atoms with Gasteiger partial charge in [0, 0.05) is 29.8 Å². The third-order valence-corrected chi connectivity index (χ3v) is 8.03. The lowest BCUT2D eigenvalue weighted by molar-refractivity contribution is 0.359. The molecule has 0 aliphatic heterocycles. The van der Waals surface area contributed by atoms with Crippen LogP contribution in [0, 0.1) is 57.5 Å². The molecule has 0 fully saturated rings. The second kappa shape index (κ2) is 14.4. The summed E-state index contributed by atoms with van der Waals surface area (Å²) in [6.07, 6.45) is 3.58. The van der Waals surface area contributed by atoms with Gasteiger partial charge in [0.25, 0.3) is 0 Å². The molecule has 5 aromatic rings. The molecular formula is C38H21N4O5P. The maximum Gasteiger partial charge on any atom is 0.530 e. The van der Waals surface area contributed by atoms with Gasteiger partial charge in [-0.3, -0.25) is 0 Å². The van der Waals surface area contributed by atoms with Gasteiger partial charge in [-0.2, -0.15) is 21.0 Å². The van der Waals surface area contributed by atoms with Crippen LogP contribution in [0.5, 0.6) is 34.5 Å². The van der Waals surface area contributed by atoms with Gasteiger partial charge < -0.3 is 23.0 Å². The number of hydrogen-bond acceptors (Lipinski definition) is 9. The van der Waals surface area contributed by atoms with Crippen LogP contribution < -0.4 is 29.0 Å². The minimum absolute atomic E-state index is 0.196. The van der Waals surface area contributed by atoms with Crippen LogP contribution in [-0.4, -0.2) is 0 Å². The van der Waals surface area contributed by atoms with Crippen LogP contribution in [-0.2, 0) is 4.52 Å². The van der Waals surface area contributed by atoms with Crippen LogP contribution in [0.2, 0.25) is 0 Å². The fourth-order valence-electron chi connectivity index (χ4n) is 4.74. The van der Waals surface area contributed by atoms with Crippen LogP contribution in [0.15, 0.2) is 97.1 Å². The maximum absolute atomic E-state index is 9.39. The summed E-state index contributed by atoms with van der Waals surface area (Å²) in [7, 11) is -2.10. The number of fused-ring (bicyclic) bond motifs is 1. The van der Waals surface area contributed by atoms with E-state index in [1.54, 1.807) is 48.5 Å². The first-order valence-corrected chi connectivity index (χ1v) is 15.5. The van der Waals surface area contributed by atoms with Crippen molar-refractivity contribution in [2.24, 2.45) is 0 Å². The molecule has 1 atom stereocenters. The Balaban J connectivity index is 1.27. The Morgan fingerprint density at radius 3 is 1.94 bits per heavy atom. The van der Waals surface area contributed by atoms with Crippen LogP contribution in [0.25, 0.3) is 11.8 Å². The number of nitriles is 4. The topological polar surface area (TPSA) is 141 Å². The zero-order valence-corrected chi connectivity index (χ0v) is 25.9. The minimum atomic E-state index is -2.10. The smallest absolute Gasteiger partial charge is 0.457 e. The van der Waals surface area contributed by atoms with E-state index in [1.165, 1.54) is 24.3 Å². The van der Waals surface area contributed by atoms with E-state index in [-0.39, 0.29) is 28.0 Å². The lowest BCUT2D eigenvalue weighted by atomic mass is 10.1. The number of nitrogens with zero attached hydrogens (tertiary/aromatic N) is 4. The Hall–Kier alpha value is -6.95. The van der Waals surface area contributed by atoms with Crippen molar-refractivity contribution in [1.29, 1.82) is 21.0 Å². The first-order chi connectivity index (χ1) is 23.5. The molecule has 0 saturated heterocycles. The summed E-state index contributed by atoms with van der Waals surface area (Å²) in [5.74, 6) is 2.86. The zero-order chi connectivity index (χ0) is 33.3. The zero-order valence-electron chi connectivity index (χ0n) is 25.0. The number of rotatable bonds is 10. The van der Waals surface area contributed by atoms with Crippen molar-refractivity contribution in [3.05, 3.63) is 142 Å². The molecule has 228 valence electrons. The fourth-order valence-corrected chi connectivity index (χ4v) is 5.77. The molecular weight excluding hydrogens is 623 g/mol. The molecule has 1 aliphatic carbocycles. The van der Waals surface area contributed by atoms with Gasteiger partial charge in [-0.15, -0.1) is 0 Å². The molecule has 0 bridgehead atoms.